The van der Waals surface area contributed by atoms with Crippen LogP contribution in [0.1, 0.15) is 33.1 Å². The molecule has 1 heterocycles. The maximum absolute atomic E-state index is 12.1. The van der Waals surface area contributed by atoms with E-state index in [1.54, 1.807) is 7.05 Å². The normalized spacial score (nSPS) is 21.7. The second-order valence-electron chi connectivity index (χ2n) is 5.17. The molecule has 0 saturated carbocycles. The lowest BCUT2D eigenvalue weighted by atomic mass is 10.1. The quantitative estimate of drug-likeness (QED) is 0.749. The predicted molar refractivity (Wildman–Crippen MR) is 73.1 cm³/mol. The van der Waals surface area contributed by atoms with Crippen molar-refractivity contribution in [2.75, 3.05) is 32.5 Å². The number of ether oxygens (including phenoxy) is 1. The average molecular weight is 278 g/mol. The van der Waals surface area contributed by atoms with E-state index in [4.69, 9.17) is 4.74 Å². The molecule has 1 saturated heterocycles. The van der Waals surface area contributed by atoms with Gasteiger partial charge in [-0.2, -0.15) is 0 Å². The van der Waals surface area contributed by atoms with Gasteiger partial charge in [0.1, 0.15) is 0 Å². The molecule has 0 aromatic heterocycles. The summed E-state index contributed by atoms with van der Waals surface area (Å²) in [5.41, 5.74) is 0. The molecule has 1 rings (SSSR count). The predicted octanol–water partition coefficient (Wildman–Crippen LogP) is 0.815. The number of sulfonamides is 1. The Hall–Kier alpha value is -0.170. The van der Waals surface area contributed by atoms with Crippen LogP contribution in [-0.4, -0.2) is 57.4 Å². The third kappa shape index (κ3) is 5.65. The number of piperidine rings is 1. The number of rotatable bonds is 7. The van der Waals surface area contributed by atoms with Crippen molar-refractivity contribution in [1.29, 1.82) is 0 Å². The Kier molecular flexibility index (Phi) is 6.55. The molecule has 1 fully saturated rings. The van der Waals surface area contributed by atoms with E-state index in [1.807, 2.05) is 13.8 Å². The molecule has 0 aliphatic carbocycles. The Morgan fingerprint density at radius 3 is 2.67 bits per heavy atom. The van der Waals surface area contributed by atoms with Gasteiger partial charge in [-0.3, -0.25) is 0 Å². The molecular weight excluding hydrogens is 252 g/mol. The molecule has 5 nitrogen and oxygen atoms in total. The Bertz CT molecular complexity index is 324. The van der Waals surface area contributed by atoms with Crippen LogP contribution in [-0.2, 0) is 14.8 Å². The van der Waals surface area contributed by atoms with Gasteiger partial charge in [-0.25, -0.2) is 12.7 Å². The second-order valence-corrected chi connectivity index (χ2v) is 7.29. The molecule has 1 unspecified atom stereocenters. The van der Waals surface area contributed by atoms with E-state index in [1.165, 1.54) is 4.31 Å². The highest BCUT2D eigenvalue weighted by atomic mass is 32.2. The standard InChI is InChI=1S/C12H26N2O3S/c1-11(2)17-9-8-14(3)18(15,16)10-12-6-4-5-7-13-12/h11-13H,4-10H2,1-3H3. The van der Waals surface area contributed by atoms with Gasteiger partial charge in [0.25, 0.3) is 0 Å². The molecule has 0 aromatic rings. The zero-order valence-corrected chi connectivity index (χ0v) is 12.5. The molecular formula is C12H26N2O3S. The van der Waals surface area contributed by atoms with Crippen molar-refractivity contribution < 1.29 is 13.2 Å². The molecule has 0 radical (unpaired) electrons. The average Bonchev–Trinajstić information content (AvgIpc) is 2.29. The molecule has 1 aliphatic rings. The van der Waals surface area contributed by atoms with E-state index < -0.39 is 10.0 Å². The Morgan fingerprint density at radius 1 is 1.39 bits per heavy atom. The fourth-order valence-electron chi connectivity index (χ4n) is 2.00. The first-order valence-electron chi connectivity index (χ1n) is 6.71. The Labute approximate surface area is 111 Å². The van der Waals surface area contributed by atoms with Crippen molar-refractivity contribution in [1.82, 2.24) is 9.62 Å². The molecule has 1 atom stereocenters. The maximum atomic E-state index is 12.1. The topological polar surface area (TPSA) is 58.6 Å². The molecule has 108 valence electrons. The van der Waals surface area contributed by atoms with E-state index >= 15 is 0 Å². The van der Waals surface area contributed by atoms with E-state index in [-0.39, 0.29) is 17.9 Å². The van der Waals surface area contributed by atoms with Gasteiger partial charge in [0.05, 0.1) is 18.5 Å². The number of nitrogens with one attached hydrogen (secondary N) is 1. The fourth-order valence-corrected chi connectivity index (χ4v) is 3.40. The van der Waals surface area contributed by atoms with Crippen LogP contribution in [0.4, 0.5) is 0 Å². The molecule has 0 bridgehead atoms. The minimum absolute atomic E-state index is 0.109. The third-order valence-electron chi connectivity index (χ3n) is 3.16. The zero-order chi connectivity index (χ0) is 13.6. The first-order chi connectivity index (χ1) is 8.42. The van der Waals surface area contributed by atoms with Crippen LogP contribution in [0, 0.1) is 0 Å². The summed E-state index contributed by atoms with van der Waals surface area (Å²) in [6.07, 6.45) is 3.36. The van der Waals surface area contributed by atoms with Crippen LogP contribution in [0.5, 0.6) is 0 Å². The van der Waals surface area contributed by atoms with Gasteiger partial charge in [-0.05, 0) is 33.2 Å². The highest BCUT2D eigenvalue weighted by Crippen LogP contribution is 2.11. The summed E-state index contributed by atoms with van der Waals surface area (Å²) in [4.78, 5) is 0. The van der Waals surface area contributed by atoms with Crippen molar-refractivity contribution in [3.8, 4) is 0 Å². The monoisotopic (exact) mass is 278 g/mol. The second kappa shape index (κ2) is 7.43. The van der Waals surface area contributed by atoms with E-state index in [0.29, 0.717) is 13.2 Å². The largest absolute Gasteiger partial charge is 0.377 e. The van der Waals surface area contributed by atoms with Gasteiger partial charge < -0.3 is 10.1 Å². The molecule has 1 aliphatic heterocycles. The third-order valence-corrected chi connectivity index (χ3v) is 5.11. The van der Waals surface area contributed by atoms with Crippen LogP contribution in [0.3, 0.4) is 0 Å². The first kappa shape index (κ1) is 15.9. The van der Waals surface area contributed by atoms with Crippen molar-refractivity contribution in [2.24, 2.45) is 0 Å². The summed E-state index contributed by atoms with van der Waals surface area (Å²) in [5.74, 6) is 0.200. The summed E-state index contributed by atoms with van der Waals surface area (Å²) >= 11 is 0. The van der Waals surface area contributed by atoms with Crippen LogP contribution in [0.25, 0.3) is 0 Å². The number of likely N-dealkylation sites (N-methyl/N-ethyl adjacent to an activating group) is 1. The van der Waals surface area contributed by atoms with Gasteiger partial charge >= 0.3 is 0 Å². The molecule has 18 heavy (non-hydrogen) atoms. The number of nitrogens with zero attached hydrogens (tertiary/aromatic N) is 1. The molecule has 6 heteroatoms. The minimum atomic E-state index is -3.17. The van der Waals surface area contributed by atoms with Gasteiger partial charge in [0.2, 0.25) is 10.0 Å². The smallest absolute Gasteiger partial charge is 0.215 e. The maximum Gasteiger partial charge on any atom is 0.215 e. The molecule has 0 spiro atoms. The lowest BCUT2D eigenvalue weighted by molar-refractivity contribution is 0.0737. The number of hydrogen-bond acceptors (Lipinski definition) is 4. The van der Waals surface area contributed by atoms with Gasteiger partial charge in [-0.15, -0.1) is 0 Å². The van der Waals surface area contributed by atoms with Gasteiger partial charge in [0.15, 0.2) is 0 Å². The summed E-state index contributed by atoms with van der Waals surface area (Å²) in [5, 5.41) is 3.27. The van der Waals surface area contributed by atoms with E-state index in [0.717, 1.165) is 25.8 Å². The number of hydrogen-bond donors (Lipinski definition) is 1. The van der Waals surface area contributed by atoms with Crippen LogP contribution >= 0.6 is 0 Å². The van der Waals surface area contributed by atoms with Crippen molar-refractivity contribution in [3.05, 3.63) is 0 Å². The Morgan fingerprint density at radius 2 is 2.11 bits per heavy atom. The molecule has 0 amide bonds. The first-order valence-corrected chi connectivity index (χ1v) is 8.31. The van der Waals surface area contributed by atoms with Gasteiger partial charge in [-0.1, -0.05) is 6.42 Å². The summed E-state index contributed by atoms with van der Waals surface area (Å²) < 4.78 is 31.0. The van der Waals surface area contributed by atoms with E-state index in [2.05, 4.69) is 5.32 Å². The highest BCUT2D eigenvalue weighted by molar-refractivity contribution is 7.89. The summed E-state index contributed by atoms with van der Waals surface area (Å²) in [7, 11) is -1.54. The van der Waals surface area contributed by atoms with Gasteiger partial charge in [0, 0.05) is 19.6 Å². The lowest BCUT2D eigenvalue weighted by Gasteiger charge is -2.26. The van der Waals surface area contributed by atoms with Crippen molar-refractivity contribution in [3.63, 3.8) is 0 Å². The van der Waals surface area contributed by atoms with Crippen LogP contribution < -0.4 is 5.32 Å². The lowest BCUT2D eigenvalue weighted by Crippen LogP contribution is -2.43. The zero-order valence-electron chi connectivity index (χ0n) is 11.7. The van der Waals surface area contributed by atoms with Crippen molar-refractivity contribution in [2.45, 2.75) is 45.3 Å². The molecule has 1 N–H and O–H groups in total. The van der Waals surface area contributed by atoms with Crippen LogP contribution in [0.15, 0.2) is 0 Å². The fraction of sp³-hybridized carbons (Fsp3) is 1.00. The Balaban J connectivity index is 2.36. The minimum Gasteiger partial charge on any atom is -0.377 e. The highest BCUT2D eigenvalue weighted by Gasteiger charge is 2.24. The summed E-state index contributed by atoms with van der Waals surface area (Å²) in [6.45, 7) is 5.69. The van der Waals surface area contributed by atoms with E-state index in [9.17, 15) is 8.42 Å². The molecule has 0 aromatic carbocycles. The SMILES string of the molecule is CC(C)OCCN(C)S(=O)(=O)CC1CCCCN1. The van der Waals surface area contributed by atoms with Crippen LogP contribution in [0.2, 0.25) is 0 Å². The van der Waals surface area contributed by atoms with Crippen molar-refractivity contribution >= 4 is 10.0 Å². The summed E-state index contributed by atoms with van der Waals surface area (Å²) in [6, 6.07) is 0.109.